The van der Waals surface area contributed by atoms with Crippen LogP contribution in [0.3, 0.4) is 0 Å². The number of rotatable bonds is 8. The third-order valence-corrected chi connectivity index (χ3v) is 5.24. The number of nitrogens with zero attached hydrogens (tertiary/aromatic N) is 1. The minimum atomic E-state index is -3.44. The second kappa shape index (κ2) is 7.65. The maximum atomic E-state index is 12.1. The Hall–Kier alpha value is -1.28. The summed E-state index contributed by atoms with van der Waals surface area (Å²) in [4.78, 5) is 4.42. The minimum Gasteiger partial charge on any atom is -0.313 e. The van der Waals surface area contributed by atoms with Gasteiger partial charge in [0.25, 0.3) is 0 Å². The van der Waals surface area contributed by atoms with Gasteiger partial charge in [0.1, 0.15) is 0 Å². The highest BCUT2D eigenvalue weighted by atomic mass is 32.2. The number of hydrogen-bond acceptors (Lipinski definition) is 5. The van der Waals surface area contributed by atoms with Gasteiger partial charge in [-0.05, 0) is 24.2 Å². The molecule has 2 aromatic rings. The zero-order valence-electron chi connectivity index (χ0n) is 11.9. The molecule has 2 rings (SSSR count). The molecular formula is C14H19N3O2S2. The van der Waals surface area contributed by atoms with Crippen LogP contribution in [0, 0.1) is 0 Å². The zero-order chi connectivity index (χ0) is 15.1. The Morgan fingerprint density at radius 3 is 2.62 bits per heavy atom. The first-order chi connectivity index (χ1) is 10.1. The lowest BCUT2D eigenvalue weighted by Crippen LogP contribution is -2.26. The van der Waals surface area contributed by atoms with Crippen LogP contribution in [0.5, 0.6) is 0 Å². The van der Waals surface area contributed by atoms with Crippen LogP contribution in [0.25, 0.3) is 0 Å². The number of sulfonamides is 1. The van der Waals surface area contributed by atoms with Crippen molar-refractivity contribution in [1.82, 2.24) is 15.0 Å². The lowest BCUT2D eigenvalue weighted by Gasteiger charge is -2.07. The molecule has 5 nitrogen and oxygen atoms in total. The molecular weight excluding hydrogens is 306 g/mol. The fraction of sp³-hybridized carbons (Fsp3) is 0.357. The third-order valence-electron chi connectivity index (χ3n) is 2.93. The van der Waals surface area contributed by atoms with E-state index in [9.17, 15) is 8.42 Å². The fourth-order valence-electron chi connectivity index (χ4n) is 1.81. The lowest BCUT2D eigenvalue weighted by molar-refractivity contribution is 0.581. The number of aromatic nitrogens is 1. The highest BCUT2D eigenvalue weighted by molar-refractivity contribution is 7.89. The summed E-state index contributed by atoms with van der Waals surface area (Å²) in [6, 6.07) is 6.94. The minimum absolute atomic E-state index is 0.293. The van der Waals surface area contributed by atoms with Gasteiger partial charge < -0.3 is 5.32 Å². The average Bonchev–Trinajstić information content (AvgIpc) is 2.98. The van der Waals surface area contributed by atoms with Crippen LogP contribution >= 0.6 is 11.3 Å². The standard InChI is InChI=1S/C14H19N3O2S2/c1-2-15-11-12-3-5-13(6-4-12)21(18,19)17-8-7-14-16-9-10-20-14/h3-6,9-10,15,17H,2,7-8,11H2,1H3. The first-order valence-corrected chi connectivity index (χ1v) is 9.16. The van der Waals surface area contributed by atoms with Crippen molar-refractivity contribution in [2.75, 3.05) is 13.1 Å². The molecule has 0 saturated carbocycles. The Labute approximate surface area is 129 Å². The summed E-state index contributed by atoms with van der Waals surface area (Å²) in [5.41, 5.74) is 1.07. The van der Waals surface area contributed by atoms with Crippen LogP contribution in [0.2, 0.25) is 0 Å². The van der Waals surface area contributed by atoms with Gasteiger partial charge in [-0.1, -0.05) is 19.1 Å². The monoisotopic (exact) mass is 325 g/mol. The Morgan fingerprint density at radius 2 is 2.00 bits per heavy atom. The molecule has 7 heteroatoms. The van der Waals surface area contributed by atoms with Crippen LogP contribution in [0.1, 0.15) is 17.5 Å². The van der Waals surface area contributed by atoms with Crippen LogP contribution in [-0.2, 0) is 23.0 Å². The molecule has 21 heavy (non-hydrogen) atoms. The van der Waals surface area contributed by atoms with Crippen LogP contribution in [-0.4, -0.2) is 26.5 Å². The first kappa shape index (κ1) is 16.1. The van der Waals surface area contributed by atoms with Crippen molar-refractivity contribution in [3.8, 4) is 0 Å². The molecule has 0 amide bonds. The Kier molecular flexibility index (Phi) is 5.86. The van der Waals surface area contributed by atoms with Gasteiger partial charge in [0.05, 0.1) is 9.90 Å². The summed E-state index contributed by atoms with van der Waals surface area (Å²) in [5, 5.41) is 6.01. The van der Waals surface area contributed by atoms with Gasteiger partial charge in [0.15, 0.2) is 0 Å². The van der Waals surface area contributed by atoms with Gasteiger partial charge in [-0.3, -0.25) is 0 Å². The summed E-state index contributed by atoms with van der Waals surface area (Å²) < 4.78 is 26.9. The van der Waals surface area contributed by atoms with Gasteiger partial charge in [-0.2, -0.15) is 0 Å². The van der Waals surface area contributed by atoms with Crippen molar-refractivity contribution in [3.63, 3.8) is 0 Å². The maximum Gasteiger partial charge on any atom is 0.240 e. The number of hydrogen-bond donors (Lipinski definition) is 2. The topological polar surface area (TPSA) is 71.1 Å². The van der Waals surface area contributed by atoms with Gasteiger partial charge in [0.2, 0.25) is 10.0 Å². The zero-order valence-corrected chi connectivity index (χ0v) is 13.5. The summed E-state index contributed by atoms with van der Waals surface area (Å²) in [6.45, 7) is 4.02. The molecule has 1 aromatic heterocycles. The van der Waals surface area contributed by atoms with E-state index in [2.05, 4.69) is 15.0 Å². The SMILES string of the molecule is CCNCc1ccc(S(=O)(=O)NCCc2nccs2)cc1. The van der Waals surface area contributed by atoms with Gasteiger partial charge in [-0.25, -0.2) is 18.1 Å². The molecule has 1 aromatic carbocycles. The molecule has 0 atom stereocenters. The molecule has 114 valence electrons. The van der Waals surface area contributed by atoms with Crippen molar-refractivity contribution in [2.24, 2.45) is 0 Å². The van der Waals surface area contributed by atoms with E-state index in [0.29, 0.717) is 17.9 Å². The van der Waals surface area contributed by atoms with E-state index < -0.39 is 10.0 Å². The second-order valence-corrected chi connectivity index (χ2v) is 7.24. The Morgan fingerprint density at radius 1 is 1.24 bits per heavy atom. The van der Waals surface area contributed by atoms with Crippen molar-refractivity contribution in [1.29, 1.82) is 0 Å². The highest BCUT2D eigenvalue weighted by Gasteiger charge is 2.13. The molecule has 1 heterocycles. The van der Waals surface area contributed by atoms with Crippen LogP contribution in [0.15, 0.2) is 40.7 Å². The fourth-order valence-corrected chi connectivity index (χ4v) is 3.46. The van der Waals surface area contributed by atoms with E-state index in [1.807, 2.05) is 24.4 Å². The molecule has 0 saturated heterocycles. The van der Waals surface area contributed by atoms with E-state index in [4.69, 9.17) is 0 Å². The molecule has 0 bridgehead atoms. The molecule has 0 spiro atoms. The summed E-state index contributed by atoms with van der Waals surface area (Å²) in [6.07, 6.45) is 2.33. The van der Waals surface area contributed by atoms with Crippen molar-refractivity contribution < 1.29 is 8.42 Å². The van der Waals surface area contributed by atoms with E-state index in [1.54, 1.807) is 18.3 Å². The second-order valence-electron chi connectivity index (χ2n) is 4.50. The van der Waals surface area contributed by atoms with E-state index in [0.717, 1.165) is 23.7 Å². The lowest BCUT2D eigenvalue weighted by atomic mass is 10.2. The van der Waals surface area contributed by atoms with Gasteiger partial charge in [0, 0.05) is 31.1 Å². The Balaban J connectivity index is 1.92. The van der Waals surface area contributed by atoms with Crippen LogP contribution < -0.4 is 10.0 Å². The molecule has 0 aliphatic heterocycles. The molecule has 0 radical (unpaired) electrons. The van der Waals surface area contributed by atoms with E-state index >= 15 is 0 Å². The number of benzene rings is 1. The van der Waals surface area contributed by atoms with E-state index in [-0.39, 0.29) is 0 Å². The maximum absolute atomic E-state index is 12.1. The third kappa shape index (κ3) is 4.89. The van der Waals surface area contributed by atoms with Crippen molar-refractivity contribution in [2.45, 2.75) is 24.8 Å². The summed E-state index contributed by atoms with van der Waals surface area (Å²) in [5.74, 6) is 0. The van der Waals surface area contributed by atoms with Crippen molar-refractivity contribution >= 4 is 21.4 Å². The van der Waals surface area contributed by atoms with E-state index in [1.165, 1.54) is 11.3 Å². The molecule has 0 aliphatic carbocycles. The number of thiazole rings is 1. The molecule has 2 N–H and O–H groups in total. The first-order valence-electron chi connectivity index (χ1n) is 6.79. The average molecular weight is 325 g/mol. The quantitative estimate of drug-likeness (QED) is 0.776. The molecule has 0 aliphatic rings. The summed E-state index contributed by atoms with van der Waals surface area (Å²) >= 11 is 1.53. The van der Waals surface area contributed by atoms with Crippen molar-refractivity contribution in [3.05, 3.63) is 46.4 Å². The number of nitrogens with one attached hydrogen (secondary N) is 2. The van der Waals surface area contributed by atoms with Gasteiger partial charge >= 0.3 is 0 Å². The molecule has 0 fully saturated rings. The predicted molar refractivity (Wildman–Crippen MR) is 84.8 cm³/mol. The Bertz CT molecular complexity index is 637. The predicted octanol–water partition coefficient (Wildman–Crippen LogP) is 1.77. The van der Waals surface area contributed by atoms with Gasteiger partial charge in [-0.15, -0.1) is 11.3 Å². The smallest absolute Gasteiger partial charge is 0.240 e. The normalized spacial score (nSPS) is 11.7. The van der Waals surface area contributed by atoms with Crippen LogP contribution in [0.4, 0.5) is 0 Å². The highest BCUT2D eigenvalue weighted by Crippen LogP contribution is 2.11. The molecule has 0 unspecified atom stereocenters. The summed E-state index contributed by atoms with van der Waals surface area (Å²) in [7, 11) is -3.44. The largest absolute Gasteiger partial charge is 0.313 e.